The molecule has 0 saturated carbocycles. The Balaban J connectivity index is 1.61. The van der Waals surface area contributed by atoms with E-state index in [2.05, 4.69) is 4.98 Å². The predicted octanol–water partition coefficient (Wildman–Crippen LogP) is 3.61. The first-order valence-corrected chi connectivity index (χ1v) is 8.59. The molecular formula is C20H20N2O4. The van der Waals surface area contributed by atoms with Crippen molar-refractivity contribution in [3.8, 4) is 17.2 Å². The maximum Gasteiger partial charge on any atom is 0.274 e. The number of nitrogens with one attached hydrogen (secondary N) is 1. The van der Waals surface area contributed by atoms with Crippen molar-refractivity contribution in [2.75, 3.05) is 31.8 Å². The highest BCUT2D eigenvalue weighted by Crippen LogP contribution is 2.34. The average Bonchev–Trinajstić information content (AvgIpc) is 3.10. The van der Waals surface area contributed by atoms with Crippen molar-refractivity contribution < 1.29 is 19.0 Å². The first kappa shape index (κ1) is 16.3. The Morgan fingerprint density at radius 2 is 1.92 bits per heavy atom. The Morgan fingerprint density at radius 3 is 2.73 bits per heavy atom. The monoisotopic (exact) mass is 352 g/mol. The molecule has 0 fully saturated rings. The number of carbonyl (C=O) groups excluding carboxylic acids is 1. The van der Waals surface area contributed by atoms with Gasteiger partial charge >= 0.3 is 0 Å². The minimum Gasteiger partial charge on any atom is -0.494 e. The van der Waals surface area contributed by atoms with Gasteiger partial charge in [0.25, 0.3) is 5.91 Å². The third-order valence-corrected chi connectivity index (χ3v) is 4.35. The SMILES string of the molecule is CCOc1ccc2[nH]c(C(=O)N(C)c3ccc4c(c3)OCCO4)cc2c1. The van der Waals surface area contributed by atoms with Gasteiger partial charge < -0.3 is 24.1 Å². The minimum atomic E-state index is -0.129. The van der Waals surface area contributed by atoms with Gasteiger partial charge in [-0.1, -0.05) is 0 Å². The van der Waals surface area contributed by atoms with E-state index in [1.54, 1.807) is 11.9 Å². The molecule has 0 radical (unpaired) electrons. The lowest BCUT2D eigenvalue weighted by Crippen LogP contribution is -2.26. The molecule has 1 amide bonds. The molecule has 0 aliphatic carbocycles. The number of H-pyrrole nitrogens is 1. The van der Waals surface area contributed by atoms with Gasteiger partial charge in [-0.2, -0.15) is 0 Å². The van der Waals surface area contributed by atoms with E-state index in [1.165, 1.54) is 0 Å². The van der Waals surface area contributed by atoms with Gasteiger partial charge in [0.05, 0.1) is 6.61 Å². The van der Waals surface area contributed by atoms with Crippen LogP contribution in [0.5, 0.6) is 17.2 Å². The Morgan fingerprint density at radius 1 is 1.12 bits per heavy atom. The number of aromatic amines is 1. The zero-order valence-electron chi connectivity index (χ0n) is 14.7. The van der Waals surface area contributed by atoms with Crippen LogP contribution in [0.3, 0.4) is 0 Å². The van der Waals surface area contributed by atoms with Crippen molar-refractivity contribution in [1.29, 1.82) is 0 Å². The smallest absolute Gasteiger partial charge is 0.274 e. The van der Waals surface area contributed by atoms with Crippen LogP contribution in [0.1, 0.15) is 17.4 Å². The number of carbonyl (C=O) groups is 1. The number of rotatable bonds is 4. The Labute approximate surface area is 151 Å². The Kier molecular flexibility index (Phi) is 4.16. The Bertz CT molecular complexity index is 964. The molecule has 0 atom stereocenters. The van der Waals surface area contributed by atoms with E-state index in [0.29, 0.717) is 37.0 Å². The summed E-state index contributed by atoms with van der Waals surface area (Å²) in [5, 5.41) is 0.940. The number of nitrogens with zero attached hydrogens (tertiary/aromatic N) is 1. The maximum atomic E-state index is 12.9. The highest BCUT2D eigenvalue weighted by Gasteiger charge is 2.19. The summed E-state index contributed by atoms with van der Waals surface area (Å²) in [6.45, 7) is 3.60. The first-order chi connectivity index (χ1) is 12.7. The average molecular weight is 352 g/mol. The summed E-state index contributed by atoms with van der Waals surface area (Å²) >= 11 is 0. The van der Waals surface area contributed by atoms with E-state index in [-0.39, 0.29) is 5.91 Å². The molecule has 0 bridgehead atoms. The van der Waals surface area contributed by atoms with Crippen LogP contribution in [0.15, 0.2) is 42.5 Å². The topological polar surface area (TPSA) is 63.8 Å². The van der Waals surface area contributed by atoms with E-state index in [0.717, 1.165) is 22.3 Å². The third kappa shape index (κ3) is 2.94. The summed E-state index contributed by atoms with van der Waals surface area (Å²) in [4.78, 5) is 17.6. The molecule has 6 heteroatoms. The van der Waals surface area contributed by atoms with Crippen LogP contribution in [0.4, 0.5) is 5.69 Å². The number of anilines is 1. The molecule has 1 aliphatic heterocycles. The highest BCUT2D eigenvalue weighted by atomic mass is 16.6. The van der Waals surface area contributed by atoms with Crippen molar-refractivity contribution in [2.24, 2.45) is 0 Å². The fraction of sp³-hybridized carbons (Fsp3) is 0.250. The van der Waals surface area contributed by atoms with Crippen molar-refractivity contribution in [2.45, 2.75) is 6.92 Å². The summed E-state index contributed by atoms with van der Waals surface area (Å²) in [6, 6.07) is 13.1. The summed E-state index contributed by atoms with van der Waals surface area (Å²) in [5.41, 5.74) is 2.16. The minimum absolute atomic E-state index is 0.129. The number of aromatic nitrogens is 1. The molecule has 6 nitrogen and oxygen atoms in total. The largest absolute Gasteiger partial charge is 0.494 e. The van der Waals surface area contributed by atoms with E-state index in [9.17, 15) is 4.79 Å². The number of benzene rings is 2. The van der Waals surface area contributed by atoms with Gasteiger partial charge in [0.1, 0.15) is 24.7 Å². The second-order valence-electron chi connectivity index (χ2n) is 6.06. The quantitative estimate of drug-likeness (QED) is 0.779. The van der Waals surface area contributed by atoms with Crippen LogP contribution in [0, 0.1) is 0 Å². The molecule has 0 unspecified atom stereocenters. The normalized spacial score (nSPS) is 12.8. The third-order valence-electron chi connectivity index (χ3n) is 4.35. The van der Waals surface area contributed by atoms with Gasteiger partial charge in [0, 0.05) is 29.7 Å². The molecular weight excluding hydrogens is 332 g/mol. The second kappa shape index (κ2) is 6.63. The zero-order valence-corrected chi connectivity index (χ0v) is 14.7. The number of hydrogen-bond donors (Lipinski definition) is 1. The summed E-state index contributed by atoms with van der Waals surface area (Å²) in [5.74, 6) is 2.02. The lowest BCUT2D eigenvalue weighted by Gasteiger charge is -2.22. The molecule has 1 N–H and O–H groups in total. The zero-order chi connectivity index (χ0) is 18.1. The molecule has 0 saturated heterocycles. The van der Waals surface area contributed by atoms with Gasteiger partial charge in [-0.15, -0.1) is 0 Å². The molecule has 1 aliphatic rings. The van der Waals surface area contributed by atoms with Crippen molar-refractivity contribution in [1.82, 2.24) is 4.98 Å². The maximum absolute atomic E-state index is 12.9. The van der Waals surface area contributed by atoms with Crippen LogP contribution in [-0.2, 0) is 0 Å². The van der Waals surface area contributed by atoms with Gasteiger partial charge in [0.15, 0.2) is 11.5 Å². The van der Waals surface area contributed by atoms with Gasteiger partial charge in [-0.05, 0) is 43.3 Å². The fourth-order valence-electron chi connectivity index (χ4n) is 3.02. The summed E-state index contributed by atoms with van der Waals surface area (Å²) in [7, 11) is 1.74. The van der Waals surface area contributed by atoms with Crippen LogP contribution in [-0.4, -0.2) is 37.8 Å². The summed E-state index contributed by atoms with van der Waals surface area (Å²) in [6.07, 6.45) is 0. The molecule has 26 heavy (non-hydrogen) atoms. The number of amides is 1. The van der Waals surface area contributed by atoms with Crippen LogP contribution < -0.4 is 19.1 Å². The van der Waals surface area contributed by atoms with Crippen LogP contribution in [0.25, 0.3) is 10.9 Å². The van der Waals surface area contributed by atoms with Gasteiger partial charge in [-0.3, -0.25) is 4.79 Å². The van der Waals surface area contributed by atoms with Gasteiger partial charge in [0.2, 0.25) is 0 Å². The van der Waals surface area contributed by atoms with E-state index in [1.807, 2.05) is 49.4 Å². The van der Waals surface area contributed by atoms with Crippen LogP contribution >= 0.6 is 0 Å². The number of hydrogen-bond acceptors (Lipinski definition) is 4. The highest BCUT2D eigenvalue weighted by molar-refractivity contribution is 6.07. The molecule has 2 aromatic carbocycles. The fourth-order valence-corrected chi connectivity index (χ4v) is 3.02. The lowest BCUT2D eigenvalue weighted by atomic mass is 10.2. The Hall–Kier alpha value is -3.15. The van der Waals surface area contributed by atoms with E-state index >= 15 is 0 Å². The second-order valence-corrected chi connectivity index (χ2v) is 6.06. The first-order valence-electron chi connectivity index (χ1n) is 8.59. The van der Waals surface area contributed by atoms with E-state index in [4.69, 9.17) is 14.2 Å². The molecule has 3 aromatic rings. The van der Waals surface area contributed by atoms with Crippen molar-refractivity contribution in [3.05, 3.63) is 48.2 Å². The summed E-state index contributed by atoms with van der Waals surface area (Å²) < 4.78 is 16.6. The number of fused-ring (bicyclic) bond motifs is 2. The lowest BCUT2D eigenvalue weighted by molar-refractivity contribution is 0.0989. The van der Waals surface area contributed by atoms with Crippen molar-refractivity contribution in [3.63, 3.8) is 0 Å². The molecule has 1 aromatic heterocycles. The predicted molar refractivity (Wildman–Crippen MR) is 99.6 cm³/mol. The van der Waals surface area contributed by atoms with Crippen molar-refractivity contribution >= 4 is 22.5 Å². The molecule has 4 rings (SSSR count). The van der Waals surface area contributed by atoms with E-state index < -0.39 is 0 Å². The van der Waals surface area contributed by atoms with Crippen LogP contribution in [0.2, 0.25) is 0 Å². The molecule has 0 spiro atoms. The standard InChI is InChI=1S/C20H20N2O4/c1-3-24-15-5-6-16-13(10-15)11-17(21-16)20(23)22(2)14-4-7-18-19(12-14)26-9-8-25-18/h4-7,10-12,21H,3,8-9H2,1-2H3. The molecule has 2 heterocycles. The van der Waals surface area contributed by atoms with Gasteiger partial charge in [-0.25, -0.2) is 0 Å². The molecule has 134 valence electrons. The number of ether oxygens (including phenoxy) is 3.